The van der Waals surface area contributed by atoms with E-state index in [0.717, 1.165) is 34.4 Å². The minimum atomic E-state index is -0.242. The molecular weight excluding hydrogens is 374 g/mol. The van der Waals surface area contributed by atoms with Gasteiger partial charge in [-0.2, -0.15) is 0 Å². The predicted molar refractivity (Wildman–Crippen MR) is 121 cm³/mol. The second kappa shape index (κ2) is 8.37. The molecule has 0 unspecified atom stereocenters. The van der Waals surface area contributed by atoms with Crippen LogP contribution in [0.1, 0.15) is 32.9 Å². The fourth-order valence-electron chi connectivity index (χ4n) is 3.48. The van der Waals surface area contributed by atoms with Gasteiger partial charge in [-0.05, 0) is 62.1 Å². The normalized spacial score (nSPS) is 10.9. The van der Waals surface area contributed by atoms with Crippen molar-refractivity contribution < 1.29 is 4.79 Å². The van der Waals surface area contributed by atoms with Crippen molar-refractivity contribution in [2.75, 3.05) is 17.2 Å². The maximum atomic E-state index is 12.8. The third-order valence-electron chi connectivity index (χ3n) is 5.29. The van der Waals surface area contributed by atoms with Gasteiger partial charge in [0.1, 0.15) is 5.69 Å². The number of benzene rings is 2. The minimum Gasteiger partial charge on any atom is -0.361 e. The summed E-state index contributed by atoms with van der Waals surface area (Å²) in [5, 5.41) is 7.43. The Labute approximate surface area is 175 Å². The lowest BCUT2D eigenvalue weighted by molar-refractivity contribution is 0.102. The summed E-state index contributed by atoms with van der Waals surface area (Å²) < 4.78 is 0. The Morgan fingerprint density at radius 3 is 2.73 bits per heavy atom. The molecule has 0 atom stereocenters. The van der Waals surface area contributed by atoms with Crippen molar-refractivity contribution in [1.82, 2.24) is 15.0 Å². The number of fused-ring (bicyclic) bond motifs is 1. The van der Waals surface area contributed by atoms with Gasteiger partial charge in [0.25, 0.3) is 5.91 Å². The van der Waals surface area contributed by atoms with Gasteiger partial charge >= 0.3 is 0 Å². The van der Waals surface area contributed by atoms with Gasteiger partial charge in [-0.15, -0.1) is 0 Å². The SMILES string of the molecule is Cc1cc(C(=O)Nc2cccc(C)c2C)nc(NCCc2c[nH]c3ccccc23)n1. The molecule has 152 valence electrons. The Morgan fingerprint density at radius 2 is 1.87 bits per heavy atom. The zero-order valence-electron chi connectivity index (χ0n) is 17.4. The topological polar surface area (TPSA) is 82.7 Å². The Morgan fingerprint density at radius 1 is 1.03 bits per heavy atom. The molecule has 3 N–H and O–H groups in total. The van der Waals surface area contributed by atoms with Crippen LogP contribution in [0.4, 0.5) is 11.6 Å². The molecular formula is C24H25N5O. The number of aryl methyl sites for hydroxylation is 2. The first-order valence-electron chi connectivity index (χ1n) is 10.0. The van der Waals surface area contributed by atoms with Crippen LogP contribution in [-0.4, -0.2) is 27.4 Å². The lowest BCUT2D eigenvalue weighted by atomic mass is 10.1. The summed E-state index contributed by atoms with van der Waals surface area (Å²) in [4.78, 5) is 24.9. The van der Waals surface area contributed by atoms with Crippen molar-refractivity contribution in [1.29, 1.82) is 0 Å². The highest BCUT2D eigenvalue weighted by Crippen LogP contribution is 2.20. The summed E-state index contributed by atoms with van der Waals surface area (Å²) >= 11 is 0. The fourth-order valence-corrected chi connectivity index (χ4v) is 3.48. The number of aromatic nitrogens is 3. The third kappa shape index (κ3) is 4.17. The number of nitrogens with one attached hydrogen (secondary N) is 3. The number of hydrogen-bond donors (Lipinski definition) is 3. The van der Waals surface area contributed by atoms with Crippen molar-refractivity contribution in [3.63, 3.8) is 0 Å². The van der Waals surface area contributed by atoms with Gasteiger partial charge in [-0.25, -0.2) is 9.97 Å². The lowest BCUT2D eigenvalue weighted by Gasteiger charge is -2.11. The molecule has 0 fully saturated rings. The van der Waals surface area contributed by atoms with E-state index in [0.29, 0.717) is 18.2 Å². The number of amides is 1. The van der Waals surface area contributed by atoms with Crippen LogP contribution in [0.2, 0.25) is 0 Å². The summed E-state index contributed by atoms with van der Waals surface area (Å²) in [6.45, 7) is 6.55. The molecule has 2 aromatic carbocycles. The smallest absolute Gasteiger partial charge is 0.274 e. The molecule has 0 saturated heterocycles. The Bertz CT molecular complexity index is 1210. The monoisotopic (exact) mass is 399 g/mol. The van der Waals surface area contributed by atoms with Crippen molar-refractivity contribution in [3.8, 4) is 0 Å². The van der Waals surface area contributed by atoms with Crippen LogP contribution >= 0.6 is 0 Å². The molecule has 2 aromatic heterocycles. The first-order valence-corrected chi connectivity index (χ1v) is 10.0. The van der Waals surface area contributed by atoms with E-state index in [1.54, 1.807) is 6.07 Å². The predicted octanol–water partition coefficient (Wildman–Crippen LogP) is 4.79. The summed E-state index contributed by atoms with van der Waals surface area (Å²) in [5.74, 6) is 0.217. The first-order chi connectivity index (χ1) is 14.5. The molecule has 0 radical (unpaired) electrons. The van der Waals surface area contributed by atoms with Crippen molar-refractivity contribution in [2.45, 2.75) is 27.2 Å². The number of carbonyl (C=O) groups excluding carboxylic acids is 1. The van der Waals surface area contributed by atoms with E-state index in [-0.39, 0.29) is 5.91 Å². The molecule has 0 saturated carbocycles. The number of rotatable bonds is 6. The lowest BCUT2D eigenvalue weighted by Crippen LogP contribution is -2.17. The molecule has 30 heavy (non-hydrogen) atoms. The van der Waals surface area contributed by atoms with Crippen LogP contribution in [0.25, 0.3) is 10.9 Å². The number of carbonyl (C=O) groups is 1. The molecule has 2 heterocycles. The summed E-state index contributed by atoms with van der Waals surface area (Å²) in [5.41, 5.74) is 6.43. The Balaban J connectivity index is 1.45. The van der Waals surface area contributed by atoms with Crippen LogP contribution in [-0.2, 0) is 6.42 Å². The van der Waals surface area contributed by atoms with Crippen molar-refractivity contribution in [3.05, 3.63) is 82.8 Å². The fraction of sp³-hybridized carbons (Fsp3) is 0.208. The zero-order valence-corrected chi connectivity index (χ0v) is 17.4. The van der Waals surface area contributed by atoms with E-state index >= 15 is 0 Å². The molecule has 0 aliphatic heterocycles. The quantitative estimate of drug-likeness (QED) is 0.435. The number of aromatic amines is 1. The van der Waals surface area contributed by atoms with E-state index in [1.807, 2.05) is 57.3 Å². The highest BCUT2D eigenvalue weighted by atomic mass is 16.1. The van der Waals surface area contributed by atoms with Crippen molar-refractivity contribution in [2.24, 2.45) is 0 Å². The largest absolute Gasteiger partial charge is 0.361 e. The van der Waals surface area contributed by atoms with Gasteiger partial charge in [0.2, 0.25) is 5.95 Å². The molecule has 6 nitrogen and oxygen atoms in total. The Hall–Kier alpha value is -3.67. The number of nitrogens with zero attached hydrogens (tertiary/aromatic N) is 2. The summed E-state index contributed by atoms with van der Waals surface area (Å²) in [6, 6.07) is 15.8. The Kier molecular flexibility index (Phi) is 5.48. The van der Waals surface area contributed by atoms with Crippen LogP contribution in [0.3, 0.4) is 0 Å². The van der Waals surface area contributed by atoms with Crippen LogP contribution in [0.5, 0.6) is 0 Å². The number of para-hydroxylation sites is 1. The van der Waals surface area contributed by atoms with Crippen LogP contribution in [0, 0.1) is 20.8 Å². The molecule has 0 spiro atoms. The van der Waals surface area contributed by atoms with Crippen LogP contribution in [0.15, 0.2) is 54.7 Å². The highest BCUT2D eigenvalue weighted by molar-refractivity contribution is 6.03. The number of hydrogen-bond acceptors (Lipinski definition) is 4. The minimum absolute atomic E-state index is 0.242. The third-order valence-corrected chi connectivity index (χ3v) is 5.29. The first kappa shape index (κ1) is 19.6. The summed E-state index contributed by atoms with van der Waals surface area (Å²) in [6.07, 6.45) is 2.86. The zero-order chi connectivity index (χ0) is 21.1. The number of H-pyrrole nitrogens is 1. The molecule has 4 aromatic rings. The average molecular weight is 399 g/mol. The molecule has 6 heteroatoms. The van der Waals surface area contributed by atoms with Crippen LogP contribution < -0.4 is 10.6 Å². The summed E-state index contributed by atoms with van der Waals surface area (Å²) in [7, 11) is 0. The van der Waals surface area contributed by atoms with Gasteiger partial charge in [-0.3, -0.25) is 4.79 Å². The van der Waals surface area contributed by atoms with E-state index in [4.69, 9.17) is 0 Å². The molecule has 0 bridgehead atoms. The second-order valence-corrected chi connectivity index (χ2v) is 7.46. The van der Waals surface area contributed by atoms with Gasteiger partial charge in [-0.1, -0.05) is 30.3 Å². The molecule has 4 rings (SSSR count). The van der Waals surface area contributed by atoms with Crippen molar-refractivity contribution >= 4 is 28.4 Å². The van der Waals surface area contributed by atoms with E-state index < -0.39 is 0 Å². The van der Waals surface area contributed by atoms with E-state index in [1.165, 1.54) is 10.9 Å². The van der Waals surface area contributed by atoms with Gasteiger partial charge < -0.3 is 15.6 Å². The maximum Gasteiger partial charge on any atom is 0.274 e. The second-order valence-electron chi connectivity index (χ2n) is 7.46. The number of anilines is 2. The molecule has 0 aliphatic carbocycles. The van der Waals surface area contributed by atoms with Gasteiger partial charge in [0, 0.05) is 35.0 Å². The molecule has 1 amide bonds. The molecule has 0 aliphatic rings. The van der Waals surface area contributed by atoms with Gasteiger partial charge in [0.05, 0.1) is 0 Å². The highest BCUT2D eigenvalue weighted by Gasteiger charge is 2.13. The van der Waals surface area contributed by atoms with E-state index in [2.05, 4.69) is 37.7 Å². The van der Waals surface area contributed by atoms with Gasteiger partial charge in [0.15, 0.2) is 0 Å². The standard InChI is InChI=1S/C24H25N5O/c1-15-7-6-10-20(17(15)3)28-23(30)22-13-16(2)27-24(29-22)25-12-11-18-14-26-21-9-5-4-8-19(18)21/h4-10,13-14,26H,11-12H2,1-3H3,(H,28,30)(H,25,27,29). The van der Waals surface area contributed by atoms with E-state index in [9.17, 15) is 4.79 Å². The average Bonchev–Trinajstić information content (AvgIpc) is 3.14. The maximum absolute atomic E-state index is 12.8.